The average Bonchev–Trinajstić information content (AvgIpc) is 2.66. The third kappa shape index (κ3) is 4.80. The van der Waals surface area contributed by atoms with Gasteiger partial charge < -0.3 is 20.1 Å². The third-order valence-corrected chi connectivity index (χ3v) is 4.15. The lowest BCUT2D eigenvalue weighted by atomic mass is 10.2. The van der Waals surface area contributed by atoms with E-state index in [1.54, 1.807) is 32.4 Å². The number of para-hydroxylation sites is 1. The monoisotopic (exact) mass is 384 g/mol. The van der Waals surface area contributed by atoms with E-state index in [0.717, 1.165) is 17.0 Å². The van der Waals surface area contributed by atoms with Crippen molar-refractivity contribution < 1.29 is 9.47 Å². The van der Waals surface area contributed by atoms with E-state index in [2.05, 4.69) is 20.6 Å². The number of anilines is 3. The zero-order valence-electron chi connectivity index (χ0n) is 15.4. The fourth-order valence-corrected chi connectivity index (χ4v) is 2.85. The fourth-order valence-electron chi connectivity index (χ4n) is 2.67. The second-order valence-corrected chi connectivity index (χ2v) is 6.26. The van der Waals surface area contributed by atoms with E-state index in [-0.39, 0.29) is 0 Å². The highest BCUT2D eigenvalue weighted by Crippen LogP contribution is 2.30. The van der Waals surface area contributed by atoms with Crippen LogP contribution >= 0.6 is 11.6 Å². The molecule has 0 fully saturated rings. The molecule has 6 nitrogen and oxygen atoms in total. The van der Waals surface area contributed by atoms with Gasteiger partial charge in [0.1, 0.15) is 29.0 Å². The van der Waals surface area contributed by atoms with Crippen LogP contribution in [0.25, 0.3) is 0 Å². The standard InChI is InChI=1S/C20H21ClN4O2/c1-13-23-19(22-12-14-6-4-5-7-17(14)26-2)11-20(24-13)25-16-10-15(21)8-9-18(16)27-3/h4-11H,12H2,1-3H3,(H2,22,23,24,25). The molecule has 0 atom stereocenters. The van der Waals surface area contributed by atoms with Crippen LogP contribution in [-0.4, -0.2) is 24.2 Å². The van der Waals surface area contributed by atoms with Gasteiger partial charge in [-0.15, -0.1) is 0 Å². The Morgan fingerprint density at radius 3 is 2.44 bits per heavy atom. The predicted molar refractivity (Wildman–Crippen MR) is 108 cm³/mol. The maximum Gasteiger partial charge on any atom is 0.142 e. The molecule has 0 saturated carbocycles. The quantitative estimate of drug-likeness (QED) is 0.609. The maximum atomic E-state index is 6.10. The van der Waals surface area contributed by atoms with Crippen LogP contribution in [0.15, 0.2) is 48.5 Å². The predicted octanol–water partition coefficient (Wildman–Crippen LogP) is 4.81. The minimum Gasteiger partial charge on any atom is -0.496 e. The molecule has 140 valence electrons. The molecule has 0 radical (unpaired) electrons. The zero-order chi connectivity index (χ0) is 19.2. The molecule has 0 unspecified atom stereocenters. The van der Waals surface area contributed by atoms with Crippen LogP contribution in [0.2, 0.25) is 5.02 Å². The van der Waals surface area contributed by atoms with Crippen molar-refractivity contribution in [3.05, 3.63) is 64.9 Å². The molecule has 0 amide bonds. The molecule has 2 aromatic carbocycles. The summed E-state index contributed by atoms with van der Waals surface area (Å²) in [6.07, 6.45) is 0. The number of rotatable bonds is 7. The van der Waals surface area contributed by atoms with Crippen molar-refractivity contribution in [1.82, 2.24) is 9.97 Å². The van der Waals surface area contributed by atoms with E-state index in [1.807, 2.05) is 37.3 Å². The van der Waals surface area contributed by atoms with Crippen LogP contribution in [0.1, 0.15) is 11.4 Å². The maximum absolute atomic E-state index is 6.10. The van der Waals surface area contributed by atoms with Crippen LogP contribution in [0.5, 0.6) is 11.5 Å². The summed E-state index contributed by atoms with van der Waals surface area (Å²) in [7, 11) is 3.27. The lowest BCUT2D eigenvalue weighted by Crippen LogP contribution is -2.06. The van der Waals surface area contributed by atoms with Crippen molar-refractivity contribution in [2.24, 2.45) is 0 Å². The summed E-state index contributed by atoms with van der Waals surface area (Å²) in [6, 6.07) is 15.1. The number of hydrogen-bond acceptors (Lipinski definition) is 6. The molecule has 1 heterocycles. The molecule has 1 aromatic heterocycles. The number of nitrogens with zero attached hydrogens (tertiary/aromatic N) is 2. The molecule has 0 saturated heterocycles. The van der Waals surface area contributed by atoms with E-state index in [4.69, 9.17) is 21.1 Å². The summed E-state index contributed by atoms with van der Waals surface area (Å²) in [5.41, 5.74) is 1.78. The van der Waals surface area contributed by atoms with Gasteiger partial charge in [-0.05, 0) is 31.2 Å². The van der Waals surface area contributed by atoms with Crippen molar-refractivity contribution in [2.75, 3.05) is 24.9 Å². The summed E-state index contributed by atoms with van der Waals surface area (Å²) in [5, 5.41) is 7.17. The van der Waals surface area contributed by atoms with E-state index in [0.29, 0.717) is 34.8 Å². The molecule has 27 heavy (non-hydrogen) atoms. The van der Waals surface area contributed by atoms with E-state index in [9.17, 15) is 0 Å². The van der Waals surface area contributed by atoms with E-state index in [1.165, 1.54) is 0 Å². The highest BCUT2D eigenvalue weighted by atomic mass is 35.5. The summed E-state index contributed by atoms with van der Waals surface area (Å²) in [5.74, 6) is 3.50. The molecule has 0 aliphatic carbocycles. The zero-order valence-corrected chi connectivity index (χ0v) is 16.2. The van der Waals surface area contributed by atoms with Gasteiger partial charge in [-0.1, -0.05) is 29.8 Å². The Kier molecular flexibility index (Phi) is 5.98. The molecular weight excluding hydrogens is 364 g/mol. The van der Waals surface area contributed by atoms with Gasteiger partial charge in [0.15, 0.2) is 0 Å². The molecule has 0 aliphatic heterocycles. The highest BCUT2D eigenvalue weighted by Gasteiger charge is 2.08. The minimum absolute atomic E-state index is 0.584. The minimum atomic E-state index is 0.584. The number of halogens is 1. The molecule has 7 heteroatoms. The molecule has 0 bridgehead atoms. The van der Waals surface area contributed by atoms with Crippen LogP contribution in [0, 0.1) is 6.92 Å². The molecule has 0 aliphatic rings. The first-order chi connectivity index (χ1) is 13.1. The Morgan fingerprint density at radius 1 is 0.926 bits per heavy atom. The van der Waals surface area contributed by atoms with Gasteiger partial charge in [0, 0.05) is 23.2 Å². The topological polar surface area (TPSA) is 68.3 Å². The van der Waals surface area contributed by atoms with Gasteiger partial charge in [0.2, 0.25) is 0 Å². The molecular formula is C20H21ClN4O2. The normalized spacial score (nSPS) is 10.4. The first-order valence-corrected chi connectivity index (χ1v) is 8.79. The smallest absolute Gasteiger partial charge is 0.142 e. The Labute approximate surface area is 163 Å². The van der Waals surface area contributed by atoms with Crippen molar-refractivity contribution >= 4 is 28.9 Å². The second-order valence-electron chi connectivity index (χ2n) is 5.82. The molecule has 3 aromatic rings. The Hall–Kier alpha value is -2.99. The average molecular weight is 385 g/mol. The largest absolute Gasteiger partial charge is 0.496 e. The van der Waals surface area contributed by atoms with Crippen molar-refractivity contribution in [1.29, 1.82) is 0 Å². The lowest BCUT2D eigenvalue weighted by molar-refractivity contribution is 0.410. The van der Waals surface area contributed by atoms with Crippen LogP contribution in [-0.2, 0) is 6.54 Å². The van der Waals surface area contributed by atoms with Crippen molar-refractivity contribution in [3.63, 3.8) is 0 Å². The number of hydrogen-bond donors (Lipinski definition) is 2. The van der Waals surface area contributed by atoms with Gasteiger partial charge >= 0.3 is 0 Å². The Balaban J connectivity index is 1.79. The van der Waals surface area contributed by atoms with Gasteiger partial charge in [-0.3, -0.25) is 0 Å². The number of methoxy groups -OCH3 is 2. The Morgan fingerprint density at radius 2 is 1.67 bits per heavy atom. The SMILES string of the molecule is COc1ccccc1CNc1cc(Nc2cc(Cl)ccc2OC)nc(C)n1. The summed E-state index contributed by atoms with van der Waals surface area (Å²) >= 11 is 6.10. The summed E-state index contributed by atoms with van der Waals surface area (Å²) in [6.45, 7) is 2.43. The van der Waals surface area contributed by atoms with E-state index >= 15 is 0 Å². The number of nitrogens with one attached hydrogen (secondary N) is 2. The highest BCUT2D eigenvalue weighted by molar-refractivity contribution is 6.31. The van der Waals surface area contributed by atoms with Crippen LogP contribution < -0.4 is 20.1 Å². The van der Waals surface area contributed by atoms with Crippen LogP contribution in [0.3, 0.4) is 0 Å². The first-order valence-electron chi connectivity index (χ1n) is 8.41. The lowest BCUT2D eigenvalue weighted by Gasteiger charge is -2.13. The number of aromatic nitrogens is 2. The van der Waals surface area contributed by atoms with Gasteiger partial charge in [0.25, 0.3) is 0 Å². The van der Waals surface area contributed by atoms with E-state index < -0.39 is 0 Å². The van der Waals surface area contributed by atoms with Crippen molar-refractivity contribution in [2.45, 2.75) is 13.5 Å². The molecule has 0 spiro atoms. The van der Waals surface area contributed by atoms with Crippen LogP contribution in [0.4, 0.5) is 17.3 Å². The second kappa shape index (κ2) is 8.60. The number of ether oxygens (including phenoxy) is 2. The van der Waals surface area contributed by atoms with Gasteiger partial charge in [-0.25, -0.2) is 9.97 Å². The third-order valence-electron chi connectivity index (χ3n) is 3.91. The summed E-state index contributed by atoms with van der Waals surface area (Å²) in [4.78, 5) is 8.88. The molecule has 3 rings (SSSR count). The van der Waals surface area contributed by atoms with Gasteiger partial charge in [-0.2, -0.15) is 0 Å². The summed E-state index contributed by atoms with van der Waals surface area (Å²) < 4.78 is 10.8. The Bertz CT molecular complexity index is 934. The fraction of sp³-hybridized carbons (Fsp3) is 0.200. The number of benzene rings is 2. The molecule has 2 N–H and O–H groups in total. The number of aryl methyl sites for hydroxylation is 1. The van der Waals surface area contributed by atoms with Gasteiger partial charge in [0.05, 0.1) is 19.9 Å². The first kappa shape index (κ1) is 18.8. The van der Waals surface area contributed by atoms with Crippen molar-refractivity contribution in [3.8, 4) is 11.5 Å².